The van der Waals surface area contributed by atoms with Crippen LogP contribution in [0.3, 0.4) is 0 Å². The lowest BCUT2D eigenvalue weighted by Gasteiger charge is -2.34. The zero-order chi connectivity index (χ0) is 16.7. The third kappa shape index (κ3) is 6.42. The summed E-state index contributed by atoms with van der Waals surface area (Å²) in [5.41, 5.74) is 2.16. The number of carbonyl (C=O) groups is 1. The zero-order valence-electron chi connectivity index (χ0n) is 15.2. The molecule has 1 amide bonds. The molecule has 1 aliphatic rings. The molecule has 136 valence electrons. The van der Waals surface area contributed by atoms with E-state index in [1.807, 2.05) is 12.1 Å². The molecule has 0 bridgehead atoms. The summed E-state index contributed by atoms with van der Waals surface area (Å²) in [6.45, 7) is 10.1. The Morgan fingerprint density at radius 2 is 2.04 bits per heavy atom. The molecule has 2 rings (SSSR count). The van der Waals surface area contributed by atoms with E-state index < -0.39 is 0 Å². The van der Waals surface area contributed by atoms with Crippen molar-refractivity contribution in [2.24, 2.45) is 0 Å². The summed E-state index contributed by atoms with van der Waals surface area (Å²) >= 11 is 0. The van der Waals surface area contributed by atoms with Crippen LogP contribution in [0.1, 0.15) is 51.5 Å². The summed E-state index contributed by atoms with van der Waals surface area (Å²) in [5, 5.41) is 6.46. The van der Waals surface area contributed by atoms with Gasteiger partial charge in [-0.15, -0.1) is 12.4 Å². The lowest BCUT2D eigenvalue weighted by Crippen LogP contribution is -2.46. The molecule has 0 spiro atoms. The van der Waals surface area contributed by atoms with Crippen LogP contribution in [0.5, 0.6) is 0 Å². The quantitative estimate of drug-likeness (QED) is 0.786. The Morgan fingerprint density at radius 3 is 2.67 bits per heavy atom. The number of anilines is 1. The van der Waals surface area contributed by atoms with Gasteiger partial charge in [0.1, 0.15) is 0 Å². The van der Waals surface area contributed by atoms with Crippen LogP contribution in [-0.2, 0) is 4.79 Å². The Balaban J connectivity index is 0.00000288. The summed E-state index contributed by atoms with van der Waals surface area (Å²) in [6.07, 6.45) is 3.35. The second-order valence-corrected chi connectivity index (χ2v) is 6.78. The van der Waals surface area contributed by atoms with Crippen LogP contribution in [0.25, 0.3) is 0 Å². The van der Waals surface area contributed by atoms with Crippen LogP contribution in [0.15, 0.2) is 24.3 Å². The molecule has 1 aliphatic heterocycles. The Morgan fingerprint density at radius 1 is 1.33 bits per heavy atom. The first kappa shape index (κ1) is 20.9. The molecule has 2 N–H and O–H groups in total. The van der Waals surface area contributed by atoms with Crippen molar-refractivity contribution in [3.8, 4) is 0 Å². The van der Waals surface area contributed by atoms with E-state index >= 15 is 0 Å². The summed E-state index contributed by atoms with van der Waals surface area (Å²) in [5.74, 6) is 0.566. The molecule has 1 aromatic rings. The number of nitrogens with one attached hydrogen (secondary N) is 2. The van der Waals surface area contributed by atoms with Crippen molar-refractivity contribution >= 4 is 24.0 Å². The van der Waals surface area contributed by atoms with Crippen LogP contribution in [0, 0.1) is 0 Å². The first-order chi connectivity index (χ1) is 11.1. The highest BCUT2D eigenvalue weighted by atomic mass is 35.5. The van der Waals surface area contributed by atoms with Gasteiger partial charge in [0.05, 0.1) is 6.54 Å². The highest BCUT2D eigenvalue weighted by molar-refractivity contribution is 5.92. The minimum atomic E-state index is 0. The average molecular weight is 354 g/mol. The van der Waals surface area contributed by atoms with Crippen LogP contribution < -0.4 is 10.6 Å². The van der Waals surface area contributed by atoms with Crippen molar-refractivity contribution < 1.29 is 4.79 Å². The van der Waals surface area contributed by atoms with E-state index in [0.29, 0.717) is 18.5 Å². The SMILES string of the molecule is CCCN(CC(=O)Nc1cccc(C(C)C)c1)C1CCNCC1.Cl. The molecular formula is C19H32ClN3O. The number of rotatable bonds is 7. The summed E-state index contributed by atoms with van der Waals surface area (Å²) in [7, 11) is 0. The molecule has 1 fully saturated rings. The van der Waals surface area contributed by atoms with Crippen molar-refractivity contribution in [2.75, 3.05) is 31.5 Å². The van der Waals surface area contributed by atoms with Crippen molar-refractivity contribution in [1.82, 2.24) is 10.2 Å². The molecule has 1 heterocycles. The number of halogens is 1. The number of nitrogens with zero attached hydrogens (tertiary/aromatic N) is 1. The first-order valence-corrected chi connectivity index (χ1v) is 8.94. The van der Waals surface area contributed by atoms with Gasteiger partial charge < -0.3 is 10.6 Å². The smallest absolute Gasteiger partial charge is 0.238 e. The van der Waals surface area contributed by atoms with E-state index in [-0.39, 0.29) is 18.3 Å². The average Bonchev–Trinajstić information content (AvgIpc) is 2.55. The van der Waals surface area contributed by atoms with Gasteiger partial charge >= 0.3 is 0 Å². The van der Waals surface area contributed by atoms with Crippen molar-refractivity contribution in [2.45, 2.75) is 52.0 Å². The van der Waals surface area contributed by atoms with Gasteiger partial charge in [0, 0.05) is 11.7 Å². The maximum atomic E-state index is 12.5. The molecule has 5 heteroatoms. The van der Waals surface area contributed by atoms with Crippen LogP contribution in [0.2, 0.25) is 0 Å². The molecular weight excluding hydrogens is 322 g/mol. The van der Waals surface area contributed by atoms with Gasteiger partial charge in [-0.3, -0.25) is 9.69 Å². The second-order valence-electron chi connectivity index (χ2n) is 6.78. The molecule has 1 aromatic carbocycles. The number of hydrogen-bond acceptors (Lipinski definition) is 3. The minimum Gasteiger partial charge on any atom is -0.325 e. The van der Waals surface area contributed by atoms with Crippen molar-refractivity contribution in [3.05, 3.63) is 29.8 Å². The van der Waals surface area contributed by atoms with Gasteiger partial charge in [-0.05, 0) is 62.5 Å². The van der Waals surface area contributed by atoms with E-state index in [1.165, 1.54) is 5.56 Å². The minimum absolute atomic E-state index is 0. The van der Waals surface area contributed by atoms with Gasteiger partial charge in [0.25, 0.3) is 0 Å². The molecule has 1 saturated heterocycles. The summed E-state index contributed by atoms with van der Waals surface area (Å²) < 4.78 is 0. The molecule has 4 nitrogen and oxygen atoms in total. The largest absolute Gasteiger partial charge is 0.325 e. The van der Waals surface area contributed by atoms with E-state index in [1.54, 1.807) is 0 Å². The molecule has 0 atom stereocenters. The van der Waals surface area contributed by atoms with Gasteiger partial charge in [-0.2, -0.15) is 0 Å². The Hall–Kier alpha value is -1.10. The van der Waals surface area contributed by atoms with Gasteiger partial charge in [0.2, 0.25) is 5.91 Å². The van der Waals surface area contributed by atoms with Crippen molar-refractivity contribution in [1.29, 1.82) is 0 Å². The fourth-order valence-electron chi connectivity index (χ4n) is 3.21. The standard InChI is InChI=1S/C19H31N3O.ClH/c1-4-12-22(18-8-10-20-11-9-18)14-19(23)21-17-7-5-6-16(13-17)15(2)3;/h5-7,13,15,18,20H,4,8-12,14H2,1-3H3,(H,21,23);1H. The lowest BCUT2D eigenvalue weighted by molar-refractivity contribution is -0.118. The Bertz CT molecular complexity index is 501. The molecule has 0 saturated carbocycles. The maximum absolute atomic E-state index is 12.5. The summed E-state index contributed by atoms with van der Waals surface area (Å²) in [4.78, 5) is 14.8. The predicted molar refractivity (Wildman–Crippen MR) is 104 cm³/mol. The third-order valence-electron chi connectivity index (χ3n) is 4.52. The number of piperidine rings is 1. The molecule has 0 aromatic heterocycles. The summed E-state index contributed by atoms with van der Waals surface area (Å²) in [6, 6.07) is 8.71. The van der Waals surface area contributed by atoms with E-state index in [9.17, 15) is 4.79 Å². The normalized spacial score (nSPS) is 15.4. The van der Waals surface area contributed by atoms with E-state index in [0.717, 1.165) is 44.6 Å². The Kier molecular flexibility index (Phi) is 9.34. The molecule has 0 radical (unpaired) electrons. The monoisotopic (exact) mass is 353 g/mol. The fourth-order valence-corrected chi connectivity index (χ4v) is 3.21. The second kappa shape index (κ2) is 10.7. The predicted octanol–water partition coefficient (Wildman–Crippen LogP) is 3.63. The Labute approximate surface area is 152 Å². The van der Waals surface area contributed by atoms with E-state index in [4.69, 9.17) is 0 Å². The maximum Gasteiger partial charge on any atom is 0.238 e. The number of amides is 1. The van der Waals surface area contributed by atoms with Crippen molar-refractivity contribution in [3.63, 3.8) is 0 Å². The van der Waals surface area contributed by atoms with E-state index in [2.05, 4.69) is 48.4 Å². The fraction of sp³-hybridized carbons (Fsp3) is 0.632. The topological polar surface area (TPSA) is 44.4 Å². The highest BCUT2D eigenvalue weighted by Gasteiger charge is 2.22. The van der Waals surface area contributed by atoms with Gasteiger partial charge in [-0.25, -0.2) is 0 Å². The highest BCUT2D eigenvalue weighted by Crippen LogP contribution is 2.19. The number of benzene rings is 1. The lowest BCUT2D eigenvalue weighted by atomic mass is 10.0. The molecule has 0 unspecified atom stereocenters. The number of carbonyl (C=O) groups excluding carboxylic acids is 1. The first-order valence-electron chi connectivity index (χ1n) is 8.94. The number of hydrogen-bond donors (Lipinski definition) is 2. The zero-order valence-corrected chi connectivity index (χ0v) is 16.0. The van der Waals surface area contributed by atoms with Gasteiger partial charge in [0.15, 0.2) is 0 Å². The van der Waals surface area contributed by atoms with Crippen LogP contribution >= 0.6 is 12.4 Å². The van der Waals surface area contributed by atoms with Crippen LogP contribution in [-0.4, -0.2) is 43.0 Å². The van der Waals surface area contributed by atoms with Gasteiger partial charge in [-0.1, -0.05) is 32.9 Å². The van der Waals surface area contributed by atoms with Crippen LogP contribution in [0.4, 0.5) is 5.69 Å². The molecule has 0 aliphatic carbocycles. The third-order valence-corrected chi connectivity index (χ3v) is 4.52. The molecule has 24 heavy (non-hydrogen) atoms.